The van der Waals surface area contributed by atoms with Crippen LogP contribution < -0.4 is 21.3 Å². The van der Waals surface area contributed by atoms with Crippen molar-refractivity contribution in [3.63, 3.8) is 0 Å². The standard InChI is InChI=1S/C19H17F2N3O2/c1-23-15-8-11(10-24(2)19(15)25)18-14(22)4-3-5-17(18)26-16-7-6-12(20)9-13(16)21/h3-10,23H,22H2,1-2H3. The third-order valence-corrected chi connectivity index (χ3v) is 3.91. The Morgan fingerprint density at radius 2 is 1.88 bits per heavy atom. The van der Waals surface area contributed by atoms with Crippen LogP contribution in [0.4, 0.5) is 20.2 Å². The molecule has 3 rings (SSSR count). The summed E-state index contributed by atoms with van der Waals surface area (Å²) in [5, 5.41) is 2.83. The number of benzene rings is 2. The Labute approximate surface area is 148 Å². The Hall–Kier alpha value is -3.35. The first kappa shape index (κ1) is 17.5. The van der Waals surface area contributed by atoms with E-state index in [0.29, 0.717) is 22.5 Å². The molecule has 0 atom stereocenters. The lowest BCUT2D eigenvalue weighted by atomic mass is 10.0. The highest BCUT2D eigenvalue weighted by Crippen LogP contribution is 2.38. The van der Waals surface area contributed by atoms with Crippen LogP contribution in [0.5, 0.6) is 11.5 Å². The van der Waals surface area contributed by atoms with Gasteiger partial charge in [-0.3, -0.25) is 4.79 Å². The molecule has 0 radical (unpaired) electrons. The number of nitrogens with zero attached hydrogens (tertiary/aromatic N) is 1. The lowest BCUT2D eigenvalue weighted by Gasteiger charge is -2.15. The van der Waals surface area contributed by atoms with Crippen molar-refractivity contribution in [2.75, 3.05) is 18.1 Å². The van der Waals surface area contributed by atoms with E-state index in [9.17, 15) is 13.6 Å². The highest BCUT2D eigenvalue weighted by molar-refractivity contribution is 5.83. The minimum Gasteiger partial charge on any atom is -0.454 e. The molecule has 1 aromatic heterocycles. The lowest BCUT2D eigenvalue weighted by Crippen LogP contribution is -2.19. The Bertz CT molecular complexity index is 1030. The van der Waals surface area contributed by atoms with Crippen molar-refractivity contribution in [2.45, 2.75) is 0 Å². The zero-order chi connectivity index (χ0) is 18.8. The van der Waals surface area contributed by atoms with E-state index in [1.165, 1.54) is 10.6 Å². The van der Waals surface area contributed by atoms with Crippen LogP contribution in [-0.4, -0.2) is 11.6 Å². The number of aromatic nitrogens is 1. The van der Waals surface area contributed by atoms with Crippen LogP contribution in [0.25, 0.3) is 11.1 Å². The van der Waals surface area contributed by atoms with Crippen LogP contribution in [-0.2, 0) is 7.05 Å². The Morgan fingerprint density at radius 1 is 1.12 bits per heavy atom. The number of halogens is 2. The van der Waals surface area contributed by atoms with E-state index in [2.05, 4.69) is 5.32 Å². The summed E-state index contributed by atoms with van der Waals surface area (Å²) in [6, 6.07) is 9.66. The summed E-state index contributed by atoms with van der Waals surface area (Å²) in [5.41, 5.74) is 7.81. The number of nitrogen functional groups attached to an aromatic ring is 1. The highest BCUT2D eigenvalue weighted by Gasteiger charge is 2.15. The predicted molar refractivity (Wildman–Crippen MR) is 97.5 cm³/mol. The normalized spacial score (nSPS) is 10.6. The molecular formula is C19H17F2N3O2. The molecule has 0 aliphatic heterocycles. The van der Waals surface area contributed by atoms with E-state index in [0.717, 1.165) is 12.1 Å². The van der Waals surface area contributed by atoms with Gasteiger partial charge >= 0.3 is 0 Å². The summed E-state index contributed by atoms with van der Waals surface area (Å²) in [4.78, 5) is 12.1. The molecule has 0 aliphatic carbocycles. The van der Waals surface area contributed by atoms with Gasteiger partial charge in [0.25, 0.3) is 5.56 Å². The maximum absolute atomic E-state index is 14.0. The van der Waals surface area contributed by atoms with Crippen molar-refractivity contribution in [3.05, 3.63) is 70.6 Å². The fraction of sp³-hybridized carbons (Fsp3) is 0.105. The van der Waals surface area contributed by atoms with Gasteiger partial charge in [-0.1, -0.05) is 6.07 Å². The summed E-state index contributed by atoms with van der Waals surface area (Å²) in [6.45, 7) is 0. The number of ether oxygens (including phenoxy) is 1. The molecule has 0 fully saturated rings. The SMILES string of the molecule is CNc1cc(-c2c(N)cccc2Oc2ccc(F)cc2F)cn(C)c1=O. The molecule has 2 aromatic carbocycles. The summed E-state index contributed by atoms with van der Waals surface area (Å²) in [5.74, 6) is -1.36. The third kappa shape index (κ3) is 3.23. The molecule has 134 valence electrons. The summed E-state index contributed by atoms with van der Waals surface area (Å²) >= 11 is 0. The number of aryl methyl sites for hydroxylation is 1. The van der Waals surface area contributed by atoms with Crippen LogP contribution in [0.2, 0.25) is 0 Å². The van der Waals surface area contributed by atoms with E-state index in [-0.39, 0.29) is 17.1 Å². The number of hydrogen-bond acceptors (Lipinski definition) is 4. The molecule has 26 heavy (non-hydrogen) atoms. The Morgan fingerprint density at radius 3 is 2.58 bits per heavy atom. The van der Waals surface area contributed by atoms with Crippen molar-refractivity contribution in [3.8, 4) is 22.6 Å². The fourth-order valence-corrected chi connectivity index (χ4v) is 2.65. The molecule has 0 saturated heterocycles. The summed E-state index contributed by atoms with van der Waals surface area (Å²) < 4.78 is 34.1. The number of rotatable bonds is 4. The lowest BCUT2D eigenvalue weighted by molar-refractivity contribution is 0.439. The second-order valence-electron chi connectivity index (χ2n) is 5.71. The van der Waals surface area contributed by atoms with Crippen molar-refractivity contribution in [1.29, 1.82) is 0 Å². The average Bonchev–Trinajstić information content (AvgIpc) is 2.60. The molecule has 7 heteroatoms. The van der Waals surface area contributed by atoms with Crippen LogP contribution >= 0.6 is 0 Å². The number of hydrogen-bond donors (Lipinski definition) is 2. The Kier molecular flexibility index (Phi) is 4.62. The zero-order valence-corrected chi connectivity index (χ0v) is 14.2. The van der Waals surface area contributed by atoms with E-state index in [4.69, 9.17) is 10.5 Å². The molecule has 0 spiro atoms. The highest BCUT2D eigenvalue weighted by atomic mass is 19.1. The van der Waals surface area contributed by atoms with Gasteiger partial charge in [0.1, 0.15) is 17.3 Å². The monoisotopic (exact) mass is 357 g/mol. The van der Waals surface area contributed by atoms with E-state index in [1.54, 1.807) is 44.6 Å². The molecule has 3 aromatic rings. The first-order chi connectivity index (χ1) is 12.4. The molecule has 0 bridgehead atoms. The summed E-state index contributed by atoms with van der Waals surface area (Å²) in [6.07, 6.45) is 1.61. The first-order valence-corrected chi connectivity index (χ1v) is 7.81. The molecule has 0 aliphatic rings. The van der Waals surface area contributed by atoms with Crippen LogP contribution in [0.3, 0.4) is 0 Å². The number of pyridine rings is 1. The molecule has 0 saturated carbocycles. The molecule has 0 unspecified atom stereocenters. The van der Waals surface area contributed by atoms with Gasteiger partial charge in [-0.15, -0.1) is 0 Å². The van der Waals surface area contributed by atoms with Gasteiger partial charge in [0.15, 0.2) is 11.6 Å². The quantitative estimate of drug-likeness (QED) is 0.698. The van der Waals surface area contributed by atoms with Crippen LogP contribution in [0.1, 0.15) is 0 Å². The van der Waals surface area contributed by atoms with Gasteiger partial charge in [-0.2, -0.15) is 0 Å². The van der Waals surface area contributed by atoms with Crippen molar-refractivity contribution in [2.24, 2.45) is 7.05 Å². The topological polar surface area (TPSA) is 69.3 Å². The minimum absolute atomic E-state index is 0.128. The molecule has 1 heterocycles. The molecule has 0 amide bonds. The minimum atomic E-state index is -0.824. The number of nitrogens with one attached hydrogen (secondary N) is 1. The molecule has 3 N–H and O–H groups in total. The first-order valence-electron chi connectivity index (χ1n) is 7.81. The van der Waals surface area contributed by atoms with Gasteiger partial charge in [0.05, 0.1) is 0 Å². The van der Waals surface area contributed by atoms with Crippen molar-refractivity contribution in [1.82, 2.24) is 4.57 Å². The molecular weight excluding hydrogens is 340 g/mol. The van der Waals surface area contributed by atoms with Crippen molar-refractivity contribution < 1.29 is 13.5 Å². The fourth-order valence-electron chi connectivity index (χ4n) is 2.65. The van der Waals surface area contributed by atoms with Crippen LogP contribution in [0.15, 0.2) is 53.5 Å². The predicted octanol–water partition coefficient (Wildman–Crippen LogP) is 3.75. The van der Waals surface area contributed by atoms with E-state index in [1.807, 2.05) is 0 Å². The second kappa shape index (κ2) is 6.87. The van der Waals surface area contributed by atoms with Gasteiger partial charge in [-0.25, -0.2) is 8.78 Å². The number of nitrogens with two attached hydrogens (primary N) is 1. The second-order valence-corrected chi connectivity index (χ2v) is 5.71. The molecule has 5 nitrogen and oxygen atoms in total. The maximum Gasteiger partial charge on any atom is 0.273 e. The van der Waals surface area contributed by atoms with Gasteiger partial charge < -0.3 is 20.4 Å². The smallest absolute Gasteiger partial charge is 0.273 e. The largest absolute Gasteiger partial charge is 0.454 e. The van der Waals surface area contributed by atoms with E-state index < -0.39 is 11.6 Å². The average molecular weight is 357 g/mol. The maximum atomic E-state index is 14.0. The zero-order valence-electron chi connectivity index (χ0n) is 14.2. The Balaban J connectivity index is 2.14. The van der Waals surface area contributed by atoms with Gasteiger partial charge in [0, 0.05) is 43.2 Å². The van der Waals surface area contributed by atoms with E-state index >= 15 is 0 Å². The van der Waals surface area contributed by atoms with Crippen LogP contribution in [0, 0.1) is 11.6 Å². The van der Waals surface area contributed by atoms with Gasteiger partial charge in [0.2, 0.25) is 0 Å². The van der Waals surface area contributed by atoms with Crippen molar-refractivity contribution >= 4 is 11.4 Å². The van der Waals surface area contributed by atoms with Gasteiger partial charge in [-0.05, 0) is 30.3 Å². The number of anilines is 2. The summed E-state index contributed by atoms with van der Waals surface area (Å²) in [7, 11) is 3.26. The third-order valence-electron chi connectivity index (χ3n) is 3.91.